The number of nitro groups is 1. The van der Waals surface area contributed by atoms with E-state index in [9.17, 15) is 10.1 Å². The second kappa shape index (κ2) is 5.01. The molecule has 0 bridgehead atoms. The molecule has 0 aliphatic carbocycles. The van der Waals surface area contributed by atoms with Crippen molar-refractivity contribution in [3.8, 4) is 11.5 Å². The minimum Gasteiger partial charge on any atom is -0.334 e. The van der Waals surface area contributed by atoms with E-state index in [1.807, 2.05) is 20.8 Å². The second-order valence-electron chi connectivity index (χ2n) is 5.61. The quantitative estimate of drug-likeness (QED) is 0.682. The van der Waals surface area contributed by atoms with E-state index in [1.54, 1.807) is 12.1 Å². The summed E-state index contributed by atoms with van der Waals surface area (Å²) in [5, 5.41) is 14.6. The molecule has 2 rings (SSSR count). The molecule has 0 aliphatic rings. The molecule has 0 fully saturated rings. The number of nitrogens with two attached hydrogens (primary N) is 1. The van der Waals surface area contributed by atoms with Crippen molar-refractivity contribution < 1.29 is 9.45 Å². The highest BCUT2D eigenvalue weighted by atomic mass is 16.6. The van der Waals surface area contributed by atoms with Crippen molar-refractivity contribution >= 4 is 5.69 Å². The van der Waals surface area contributed by atoms with Crippen LogP contribution in [0.3, 0.4) is 0 Å². The summed E-state index contributed by atoms with van der Waals surface area (Å²) in [5.74, 6) is 0.613. The van der Waals surface area contributed by atoms with Gasteiger partial charge in [0.2, 0.25) is 0 Å². The summed E-state index contributed by atoms with van der Waals surface area (Å²) in [6, 6.07) is 5.66. The third-order valence-electron chi connectivity index (χ3n) is 2.96. The Balaban J connectivity index is 2.34. The molecule has 0 saturated heterocycles. The van der Waals surface area contributed by atoms with Crippen molar-refractivity contribution in [2.24, 2.45) is 11.1 Å². The first-order chi connectivity index (χ1) is 9.29. The lowest BCUT2D eigenvalue weighted by atomic mass is 9.87. The summed E-state index contributed by atoms with van der Waals surface area (Å²) in [5.41, 5.74) is 6.32. The van der Waals surface area contributed by atoms with Gasteiger partial charge in [0.15, 0.2) is 5.82 Å². The molecule has 106 valence electrons. The van der Waals surface area contributed by atoms with Gasteiger partial charge in [-0.15, -0.1) is 0 Å². The van der Waals surface area contributed by atoms with Gasteiger partial charge in [-0.3, -0.25) is 10.1 Å². The number of aromatic nitrogens is 2. The van der Waals surface area contributed by atoms with Crippen molar-refractivity contribution in [1.82, 2.24) is 10.1 Å². The maximum Gasteiger partial charge on any atom is 0.270 e. The molecular weight excluding hydrogens is 260 g/mol. The van der Waals surface area contributed by atoms with Crippen LogP contribution in [0.25, 0.3) is 11.5 Å². The molecule has 0 amide bonds. The van der Waals surface area contributed by atoms with Gasteiger partial charge in [-0.1, -0.05) is 32.0 Å². The molecule has 0 aliphatic heterocycles. The standard InChI is InChI=1S/C13H16N4O3/c1-13(2,3)10(14)11-15-12(20-16-11)8-5-4-6-9(7-8)17(18)19/h4-7,10H,14H2,1-3H3. The highest BCUT2D eigenvalue weighted by Crippen LogP contribution is 2.30. The lowest BCUT2D eigenvalue weighted by molar-refractivity contribution is -0.384. The van der Waals surface area contributed by atoms with Gasteiger partial charge in [0.1, 0.15) is 0 Å². The Morgan fingerprint density at radius 3 is 2.70 bits per heavy atom. The summed E-state index contributed by atoms with van der Waals surface area (Å²) in [4.78, 5) is 14.5. The van der Waals surface area contributed by atoms with Crippen molar-refractivity contribution in [2.45, 2.75) is 26.8 Å². The number of non-ortho nitro benzene ring substituents is 1. The maximum absolute atomic E-state index is 10.7. The zero-order valence-electron chi connectivity index (χ0n) is 11.5. The van der Waals surface area contributed by atoms with Crippen LogP contribution in [0.2, 0.25) is 0 Å². The average molecular weight is 276 g/mol. The minimum absolute atomic E-state index is 0.0256. The van der Waals surface area contributed by atoms with E-state index in [0.29, 0.717) is 11.4 Å². The Labute approximate surface area is 115 Å². The van der Waals surface area contributed by atoms with E-state index in [2.05, 4.69) is 10.1 Å². The summed E-state index contributed by atoms with van der Waals surface area (Å²) < 4.78 is 5.14. The predicted octanol–water partition coefficient (Wildman–Crippen LogP) is 2.69. The zero-order valence-corrected chi connectivity index (χ0v) is 11.5. The van der Waals surface area contributed by atoms with Gasteiger partial charge >= 0.3 is 0 Å². The van der Waals surface area contributed by atoms with E-state index >= 15 is 0 Å². The molecule has 0 radical (unpaired) electrons. The molecule has 7 nitrogen and oxygen atoms in total. The molecule has 1 atom stereocenters. The Kier molecular flexibility index (Phi) is 3.54. The average Bonchev–Trinajstić information content (AvgIpc) is 2.86. The van der Waals surface area contributed by atoms with Crippen LogP contribution in [0.4, 0.5) is 5.69 Å². The summed E-state index contributed by atoms with van der Waals surface area (Å²) in [6.07, 6.45) is 0. The Morgan fingerprint density at radius 1 is 1.40 bits per heavy atom. The van der Waals surface area contributed by atoms with Crippen LogP contribution in [-0.4, -0.2) is 15.1 Å². The Bertz CT molecular complexity index is 631. The first-order valence-corrected chi connectivity index (χ1v) is 6.13. The van der Waals surface area contributed by atoms with E-state index < -0.39 is 4.92 Å². The molecule has 2 aromatic rings. The molecule has 7 heteroatoms. The third kappa shape index (κ3) is 2.83. The predicted molar refractivity (Wildman–Crippen MR) is 72.8 cm³/mol. The Hall–Kier alpha value is -2.28. The highest BCUT2D eigenvalue weighted by molar-refractivity contribution is 5.57. The van der Waals surface area contributed by atoms with Crippen LogP contribution in [0.5, 0.6) is 0 Å². The molecule has 1 heterocycles. The zero-order chi connectivity index (χ0) is 14.9. The molecule has 1 aromatic heterocycles. The highest BCUT2D eigenvalue weighted by Gasteiger charge is 2.27. The first-order valence-electron chi connectivity index (χ1n) is 6.13. The molecule has 2 N–H and O–H groups in total. The molecule has 0 spiro atoms. The lowest BCUT2D eigenvalue weighted by Crippen LogP contribution is -2.27. The monoisotopic (exact) mass is 276 g/mol. The third-order valence-corrected chi connectivity index (χ3v) is 2.96. The fourth-order valence-corrected chi connectivity index (χ4v) is 1.62. The molecule has 1 aromatic carbocycles. The van der Waals surface area contributed by atoms with Crippen LogP contribution in [0.15, 0.2) is 28.8 Å². The van der Waals surface area contributed by atoms with Gasteiger partial charge < -0.3 is 10.3 Å². The topological polar surface area (TPSA) is 108 Å². The number of nitrogens with zero attached hydrogens (tertiary/aromatic N) is 3. The van der Waals surface area contributed by atoms with Crippen molar-refractivity contribution in [1.29, 1.82) is 0 Å². The first kappa shape index (κ1) is 14.1. The van der Waals surface area contributed by atoms with Crippen LogP contribution in [0.1, 0.15) is 32.6 Å². The van der Waals surface area contributed by atoms with E-state index in [-0.39, 0.29) is 23.0 Å². The maximum atomic E-state index is 10.7. The van der Waals surface area contributed by atoms with Crippen LogP contribution >= 0.6 is 0 Å². The molecule has 20 heavy (non-hydrogen) atoms. The largest absolute Gasteiger partial charge is 0.334 e. The fourth-order valence-electron chi connectivity index (χ4n) is 1.62. The molecule has 0 saturated carbocycles. The number of rotatable bonds is 3. The van der Waals surface area contributed by atoms with E-state index in [0.717, 1.165) is 0 Å². The Morgan fingerprint density at radius 2 is 2.10 bits per heavy atom. The van der Waals surface area contributed by atoms with Crippen molar-refractivity contribution in [3.63, 3.8) is 0 Å². The van der Waals surface area contributed by atoms with Gasteiger partial charge in [0.25, 0.3) is 11.6 Å². The van der Waals surface area contributed by atoms with Crippen LogP contribution in [-0.2, 0) is 0 Å². The van der Waals surface area contributed by atoms with Crippen LogP contribution in [0, 0.1) is 15.5 Å². The van der Waals surface area contributed by atoms with Gasteiger partial charge in [-0.2, -0.15) is 4.98 Å². The second-order valence-corrected chi connectivity index (χ2v) is 5.61. The summed E-state index contributed by atoms with van der Waals surface area (Å²) in [6.45, 7) is 5.92. The minimum atomic E-state index is -0.471. The number of benzene rings is 1. The van der Waals surface area contributed by atoms with Gasteiger partial charge in [-0.05, 0) is 11.5 Å². The smallest absolute Gasteiger partial charge is 0.270 e. The van der Waals surface area contributed by atoms with Gasteiger partial charge in [-0.25, -0.2) is 0 Å². The molecule has 1 unspecified atom stereocenters. The number of hydrogen-bond donors (Lipinski definition) is 1. The SMILES string of the molecule is CC(C)(C)C(N)c1noc(-c2cccc([N+](=O)[O-])c2)n1. The van der Waals surface area contributed by atoms with Crippen molar-refractivity contribution in [3.05, 3.63) is 40.2 Å². The van der Waals surface area contributed by atoms with Crippen LogP contribution < -0.4 is 5.73 Å². The van der Waals surface area contributed by atoms with E-state index in [4.69, 9.17) is 10.3 Å². The van der Waals surface area contributed by atoms with Crippen molar-refractivity contribution in [2.75, 3.05) is 0 Å². The van der Waals surface area contributed by atoms with Gasteiger partial charge in [0.05, 0.1) is 11.0 Å². The number of hydrogen-bond acceptors (Lipinski definition) is 6. The fraction of sp³-hybridized carbons (Fsp3) is 0.385. The summed E-state index contributed by atoms with van der Waals surface area (Å²) >= 11 is 0. The molecular formula is C13H16N4O3. The van der Waals surface area contributed by atoms with E-state index in [1.165, 1.54) is 12.1 Å². The number of nitro benzene ring substituents is 1. The normalized spacial score (nSPS) is 13.2. The summed E-state index contributed by atoms with van der Waals surface area (Å²) in [7, 11) is 0. The van der Waals surface area contributed by atoms with Gasteiger partial charge in [0, 0.05) is 17.7 Å². The lowest BCUT2D eigenvalue weighted by Gasteiger charge is -2.23.